The minimum absolute atomic E-state index is 0.0242. The van der Waals surface area contributed by atoms with E-state index >= 15 is 0 Å². The molecule has 3 atom stereocenters. The predicted molar refractivity (Wildman–Crippen MR) is 87.3 cm³/mol. The molecule has 6 heteroatoms. The highest BCUT2D eigenvalue weighted by Crippen LogP contribution is 2.23. The van der Waals surface area contributed by atoms with Crippen molar-refractivity contribution in [3.8, 4) is 0 Å². The first-order valence-corrected chi connectivity index (χ1v) is 7.92. The van der Waals surface area contributed by atoms with Crippen molar-refractivity contribution in [1.29, 1.82) is 0 Å². The quantitative estimate of drug-likeness (QED) is 0.613. The van der Waals surface area contributed by atoms with Crippen LogP contribution in [0.3, 0.4) is 0 Å². The lowest BCUT2D eigenvalue weighted by Gasteiger charge is -2.23. The maximum Gasteiger partial charge on any atom is 0.376 e. The highest BCUT2D eigenvalue weighted by atomic mass is 16.5. The van der Waals surface area contributed by atoms with E-state index in [2.05, 4.69) is 24.4 Å². The Morgan fingerprint density at radius 1 is 1.45 bits per heavy atom. The molecule has 1 saturated heterocycles. The van der Waals surface area contributed by atoms with Crippen LogP contribution in [0.2, 0.25) is 6.82 Å². The summed E-state index contributed by atoms with van der Waals surface area (Å²) in [5.41, 5.74) is 1.18. The third-order valence-electron chi connectivity index (χ3n) is 4.23. The van der Waals surface area contributed by atoms with Gasteiger partial charge in [0.25, 0.3) is 0 Å². The monoisotopic (exact) mass is 304 g/mol. The zero-order chi connectivity index (χ0) is 16.1. The van der Waals surface area contributed by atoms with Crippen LogP contribution in [0.15, 0.2) is 30.3 Å². The van der Waals surface area contributed by atoms with E-state index in [0.717, 1.165) is 0 Å². The molecule has 1 aliphatic heterocycles. The Hall–Kier alpha value is -1.37. The van der Waals surface area contributed by atoms with Gasteiger partial charge in [0.05, 0.1) is 12.5 Å². The largest absolute Gasteiger partial charge is 0.466 e. The molecular formula is C16H25BN2O3. The van der Waals surface area contributed by atoms with Crippen LogP contribution >= 0.6 is 0 Å². The molecule has 0 saturated carbocycles. The summed E-state index contributed by atoms with van der Waals surface area (Å²) in [7, 11) is -0.559. The first kappa shape index (κ1) is 17.0. The Kier molecular flexibility index (Phi) is 6.00. The first-order chi connectivity index (χ1) is 10.5. The van der Waals surface area contributed by atoms with Gasteiger partial charge in [-0.15, -0.1) is 0 Å². The van der Waals surface area contributed by atoms with Gasteiger partial charge in [0, 0.05) is 25.2 Å². The van der Waals surface area contributed by atoms with E-state index in [9.17, 15) is 9.82 Å². The molecular weight excluding hydrogens is 279 g/mol. The van der Waals surface area contributed by atoms with Gasteiger partial charge in [0.1, 0.15) is 0 Å². The Morgan fingerprint density at radius 2 is 2.14 bits per heavy atom. The van der Waals surface area contributed by atoms with Crippen molar-refractivity contribution < 1.29 is 14.6 Å². The van der Waals surface area contributed by atoms with E-state index in [0.29, 0.717) is 19.7 Å². The van der Waals surface area contributed by atoms with Crippen molar-refractivity contribution in [2.24, 2.45) is 5.92 Å². The molecule has 1 fully saturated rings. The fourth-order valence-corrected chi connectivity index (χ4v) is 2.96. The van der Waals surface area contributed by atoms with E-state index in [-0.39, 0.29) is 24.0 Å². The SMILES string of the molecule is CCOC(=O)C1CN(B(C)O)CC1N[C@H](C)c1ccccc1. The smallest absolute Gasteiger partial charge is 0.376 e. The molecule has 0 bridgehead atoms. The normalized spacial score (nSPS) is 23.3. The van der Waals surface area contributed by atoms with Gasteiger partial charge in [0.2, 0.25) is 0 Å². The van der Waals surface area contributed by atoms with Crippen molar-refractivity contribution in [1.82, 2.24) is 10.1 Å². The number of carbonyl (C=O) groups is 1. The second-order valence-electron chi connectivity index (χ2n) is 5.85. The van der Waals surface area contributed by atoms with E-state index < -0.39 is 7.05 Å². The summed E-state index contributed by atoms with van der Waals surface area (Å²) in [4.78, 5) is 14.1. The Bertz CT molecular complexity index is 484. The number of carbonyl (C=O) groups excluding carboxylic acids is 1. The number of nitrogens with one attached hydrogen (secondary N) is 1. The number of ether oxygens (including phenoxy) is 1. The molecule has 2 rings (SSSR count). The van der Waals surface area contributed by atoms with E-state index in [1.807, 2.05) is 29.9 Å². The molecule has 5 nitrogen and oxygen atoms in total. The lowest BCUT2D eigenvalue weighted by Crippen LogP contribution is -2.42. The summed E-state index contributed by atoms with van der Waals surface area (Å²) < 4.78 is 5.18. The van der Waals surface area contributed by atoms with Gasteiger partial charge in [-0.3, -0.25) is 4.79 Å². The van der Waals surface area contributed by atoms with Crippen molar-refractivity contribution >= 4 is 13.0 Å². The molecule has 1 aromatic rings. The lowest BCUT2D eigenvalue weighted by molar-refractivity contribution is -0.148. The molecule has 1 heterocycles. The zero-order valence-electron chi connectivity index (χ0n) is 13.5. The Balaban J connectivity index is 2.06. The summed E-state index contributed by atoms with van der Waals surface area (Å²) in [6.45, 7) is 7.17. The summed E-state index contributed by atoms with van der Waals surface area (Å²) in [5, 5.41) is 13.3. The lowest BCUT2D eigenvalue weighted by atomic mass is 9.86. The Labute approximate surface area is 132 Å². The van der Waals surface area contributed by atoms with Crippen LogP contribution in [0.4, 0.5) is 0 Å². The molecule has 0 radical (unpaired) electrons. The molecule has 0 spiro atoms. The molecule has 2 unspecified atom stereocenters. The fourth-order valence-electron chi connectivity index (χ4n) is 2.96. The molecule has 120 valence electrons. The fraction of sp³-hybridized carbons (Fsp3) is 0.562. The van der Waals surface area contributed by atoms with Gasteiger partial charge in [-0.25, -0.2) is 0 Å². The van der Waals surface area contributed by atoms with Gasteiger partial charge in [-0.1, -0.05) is 30.3 Å². The third-order valence-corrected chi connectivity index (χ3v) is 4.23. The topological polar surface area (TPSA) is 61.8 Å². The second-order valence-corrected chi connectivity index (χ2v) is 5.85. The highest BCUT2D eigenvalue weighted by Gasteiger charge is 2.41. The minimum atomic E-state index is -0.559. The summed E-state index contributed by atoms with van der Waals surface area (Å²) in [6.07, 6.45) is 0. The number of hydrogen-bond donors (Lipinski definition) is 2. The molecule has 1 aliphatic rings. The summed E-state index contributed by atoms with van der Waals surface area (Å²) >= 11 is 0. The predicted octanol–water partition coefficient (Wildman–Crippen LogP) is 1.31. The third kappa shape index (κ3) is 4.09. The van der Waals surface area contributed by atoms with E-state index in [1.165, 1.54) is 5.56 Å². The van der Waals surface area contributed by atoms with Crippen LogP contribution in [-0.2, 0) is 9.53 Å². The van der Waals surface area contributed by atoms with Crippen LogP contribution in [0.25, 0.3) is 0 Å². The van der Waals surface area contributed by atoms with Gasteiger partial charge < -0.3 is 19.9 Å². The average molecular weight is 304 g/mol. The molecule has 22 heavy (non-hydrogen) atoms. The number of rotatable bonds is 6. The molecule has 0 amide bonds. The van der Waals surface area contributed by atoms with Crippen molar-refractivity contribution in [2.75, 3.05) is 19.7 Å². The van der Waals surface area contributed by atoms with Crippen molar-refractivity contribution in [3.05, 3.63) is 35.9 Å². The standard InChI is InChI=1S/C16H25BN2O3/c1-4-22-16(20)14-10-19(17(3)21)11-15(14)18-12(2)13-8-6-5-7-9-13/h5-9,12,14-15,18,21H,4,10-11H2,1-3H3/t12-,14?,15?/m1/s1. The van der Waals surface area contributed by atoms with Gasteiger partial charge >= 0.3 is 13.0 Å². The number of esters is 1. The highest BCUT2D eigenvalue weighted by molar-refractivity contribution is 6.45. The number of hydrogen-bond acceptors (Lipinski definition) is 5. The maximum absolute atomic E-state index is 12.2. The van der Waals surface area contributed by atoms with E-state index in [1.54, 1.807) is 6.82 Å². The number of nitrogens with zero attached hydrogens (tertiary/aromatic N) is 1. The zero-order valence-corrected chi connectivity index (χ0v) is 13.5. The van der Waals surface area contributed by atoms with Crippen LogP contribution in [-0.4, -0.2) is 48.6 Å². The molecule has 1 aromatic carbocycles. The molecule has 0 aliphatic carbocycles. The molecule has 0 aromatic heterocycles. The second kappa shape index (κ2) is 7.76. The van der Waals surface area contributed by atoms with Crippen LogP contribution < -0.4 is 5.32 Å². The summed E-state index contributed by atoms with van der Waals surface area (Å²) in [6, 6.07) is 10.3. The Morgan fingerprint density at radius 3 is 2.73 bits per heavy atom. The molecule has 2 N–H and O–H groups in total. The van der Waals surface area contributed by atoms with Gasteiger partial charge in [0.15, 0.2) is 0 Å². The minimum Gasteiger partial charge on any atom is -0.466 e. The van der Waals surface area contributed by atoms with Crippen LogP contribution in [0.1, 0.15) is 25.5 Å². The van der Waals surface area contributed by atoms with Gasteiger partial charge in [-0.05, 0) is 26.2 Å². The van der Waals surface area contributed by atoms with Crippen LogP contribution in [0, 0.1) is 5.92 Å². The van der Waals surface area contributed by atoms with Gasteiger partial charge in [-0.2, -0.15) is 0 Å². The van der Waals surface area contributed by atoms with E-state index in [4.69, 9.17) is 4.74 Å². The summed E-state index contributed by atoms with van der Waals surface area (Å²) in [5.74, 6) is -0.441. The van der Waals surface area contributed by atoms with Crippen molar-refractivity contribution in [2.45, 2.75) is 32.8 Å². The van der Waals surface area contributed by atoms with Crippen LogP contribution in [0.5, 0.6) is 0 Å². The van der Waals surface area contributed by atoms with Crippen molar-refractivity contribution in [3.63, 3.8) is 0 Å². The maximum atomic E-state index is 12.2. The number of benzene rings is 1. The average Bonchev–Trinajstić information content (AvgIpc) is 2.92. The first-order valence-electron chi connectivity index (χ1n) is 7.92.